The lowest BCUT2D eigenvalue weighted by Crippen LogP contribution is -2.38. The Kier molecular flexibility index (Phi) is 5.53. The molecule has 0 spiro atoms. The third kappa shape index (κ3) is 5.20. The minimum atomic E-state index is -0.881. The van der Waals surface area contributed by atoms with Crippen molar-refractivity contribution in [1.82, 2.24) is 5.32 Å². The van der Waals surface area contributed by atoms with E-state index in [1.54, 1.807) is 19.1 Å². The first-order valence-corrected chi connectivity index (χ1v) is 5.84. The average Bonchev–Trinajstić information content (AvgIpc) is 2.39. The second-order valence-electron chi connectivity index (χ2n) is 3.81. The Morgan fingerprint density at radius 3 is 2.32 bits per heavy atom. The van der Waals surface area contributed by atoms with Crippen molar-refractivity contribution >= 4 is 23.5 Å². The van der Waals surface area contributed by atoms with Crippen molar-refractivity contribution < 1.29 is 19.1 Å². The van der Waals surface area contributed by atoms with Gasteiger partial charge < -0.3 is 15.4 Å². The van der Waals surface area contributed by atoms with Crippen molar-refractivity contribution in [3.05, 3.63) is 29.8 Å². The molecule has 0 radical (unpaired) electrons. The summed E-state index contributed by atoms with van der Waals surface area (Å²) in [5, 5.41) is 4.59. The van der Waals surface area contributed by atoms with Crippen molar-refractivity contribution in [2.75, 3.05) is 18.5 Å². The van der Waals surface area contributed by atoms with Gasteiger partial charge in [0.15, 0.2) is 0 Å². The maximum Gasteiger partial charge on any atom is 0.325 e. The maximum absolute atomic E-state index is 11.5. The first-order chi connectivity index (χ1) is 9.02. The highest BCUT2D eigenvalue weighted by molar-refractivity contribution is 6.39. The molecule has 6 heteroatoms. The zero-order valence-electron chi connectivity index (χ0n) is 10.9. The molecule has 0 fully saturated rings. The number of aryl methyl sites for hydroxylation is 1. The van der Waals surface area contributed by atoms with Crippen LogP contribution in [0.5, 0.6) is 0 Å². The Bertz CT molecular complexity index is 468. The summed E-state index contributed by atoms with van der Waals surface area (Å²) in [6.07, 6.45) is 0. The molecule has 6 nitrogen and oxygen atoms in total. The van der Waals surface area contributed by atoms with Crippen LogP contribution in [0.2, 0.25) is 0 Å². The van der Waals surface area contributed by atoms with Gasteiger partial charge in [-0.2, -0.15) is 0 Å². The second kappa shape index (κ2) is 7.15. The third-order valence-electron chi connectivity index (χ3n) is 2.21. The summed E-state index contributed by atoms with van der Waals surface area (Å²) in [5.41, 5.74) is 1.56. The summed E-state index contributed by atoms with van der Waals surface area (Å²) in [7, 11) is 0. The van der Waals surface area contributed by atoms with E-state index in [2.05, 4.69) is 15.4 Å². The number of ether oxygens (including phenoxy) is 1. The molecule has 1 aromatic rings. The number of benzene rings is 1. The minimum Gasteiger partial charge on any atom is -0.465 e. The fourth-order valence-electron chi connectivity index (χ4n) is 1.27. The molecule has 0 aliphatic heterocycles. The molecule has 1 aromatic carbocycles. The Morgan fingerprint density at radius 2 is 1.74 bits per heavy atom. The summed E-state index contributed by atoms with van der Waals surface area (Å²) in [4.78, 5) is 33.9. The molecule has 0 saturated heterocycles. The first kappa shape index (κ1) is 14.7. The van der Waals surface area contributed by atoms with Gasteiger partial charge in [-0.05, 0) is 26.0 Å². The van der Waals surface area contributed by atoms with Gasteiger partial charge in [-0.1, -0.05) is 17.7 Å². The van der Waals surface area contributed by atoms with Gasteiger partial charge in [0.25, 0.3) is 0 Å². The van der Waals surface area contributed by atoms with E-state index in [0.29, 0.717) is 5.69 Å². The van der Waals surface area contributed by atoms with Crippen LogP contribution in [0.25, 0.3) is 0 Å². The standard InChI is InChI=1S/C13H16N2O4/c1-3-19-11(16)8-14-12(17)13(18)15-10-6-4-9(2)5-7-10/h4-7H,3,8H2,1-2H3,(H,14,17)(H,15,18). The van der Waals surface area contributed by atoms with Crippen LogP contribution < -0.4 is 10.6 Å². The second-order valence-corrected chi connectivity index (χ2v) is 3.81. The van der Waals surface area contributed by atoms with Crippen LogP contribution in [0, 0.1) is 6.92 Å². The number of carbonyl (C=O) groups is 3. The van der Waals surface area contributed by atoms with Gasteiger partial charge in [0.1, 0.15) is 6.54 Å². The van der Waals surface area contributed by atoms with E-state index in [4.69, 9.17) is 0 Å². The van der Waals surface area contributed by atoms with Gasteiger partial charge in [0.05, 0.1) is 6.61 Å². The lowest BCUT2D eigenvalue weighted by Gasteiger charge is -2.06. The van der Waals surface area contributed by atoms with Gasteiger partial charge >= 0.3 is 17.8 Å². The molecule has 0 aromatic heterocycles. The van der Waals surface area contributed by atoms with Crippen LogP contribution in [0.15, 0.2) is 24.3 Å². The molecular formula is C13H16N2O4. The zero-order chi connectivity index (χ0) is 14.3. The lowest BCUT2D eigenvalue weighted by atomic mass is 10.2. The van der Waals surface area contributed by atoms with Gasteiger partial charge in [0.2, 0.25) is 0 Å². The van der Waals surface area contributed by atoms with Gasteiger partial charge in [0, 0.05) is 5.69 Å². The summed E-state index contributed by atoms with van der Waals surface area (Å²) in [5.74, 6) is -2.29. The van der Waals surface area contributed by atoms with Crippen LogP contribution in [0.3, 0.4) is 0 Å². The smallest absolute Gasteiger partial charge is 0.325 e. The Balaban J connectivity index is 2.42. The molecule has 2 N–H and O–H groups in total. The zero-order valence-corrected chi connectivity index (χ0v) is 10.9. The average molecular weight is 264 g/mol. The SMILES string of the molecule is CCOC(=O)CNC(=O)C(=O)Nc1ccc(C)cc1. The van der Waals surface area contributed by atoms with E-state index in [-0.39, 0.29) is 13.2 Å². The summed E-state index contributed by atoms with van der Waals surface area (Å²) < 4.78 is 4.62. The summed E-state index contributed by atoms with van der Waals surface area (Å²) in [6, 6.07) is 7.00. The Labute approximate surface area is 111 Å². The van der Waals surface area contributed by atoms with Crippen molar-refractivity contribution in [1.29, 1.82) is 0 Å². The maximum atomic E-state index is 11.5. The highest BCUT2D eigenvalue weighted by Gasteiger charge is 2.14. The van der Waals surface area contributed by atoms with E-state index in [1.807, 2.05) is 19.1 Å². The predicted octanol–water partition coefficient (Wildman–Crippen LogP) is 0.613. The third-order valence-corrected chi connectivity index (χ3v) is 2.21. The van der Waals surface area contributed by atoms with Crippen LogP contribution in [0.1, 0.15) is 12.5 Å². The van der Waals surface area contributed by atoms with Crippen LogP contribution in [0.4, 0.5) is 5.69 Å². The van der Waals surface area contributed by atoms with Crippen LogP contribution in [-0.4, -0.2) is 30.9 Å². The highest BCUT2D eigenvalue weighted by Crippen LogP contribution is 2.07. The van der Waals surface area contributed by atoms with E-state index < -0.39 is 17.8 Å². The summed E-state index contributed by atoms with van der Waals surface area (Å²) >= 11 is 0. The van der Waals surface area contributed by atoms with E-state index in [0.717, 1.165) is 5.56 Å². The fourth-order valence-corrected chi connectivity index (χ4v) is 1.27. The topological polar surface area (TPSA) is 84.5 Å². The highest BCUT2D eigenvalue weighted by atomic mass is 16.5. The van der Waals surface area contributed by atoms with E-state index in [9.17, 15) is 14.4 Å². The van der Waals surface area contributed by atoms with Gasteiger partial charge in [-0.25, -0.2) is 0 Å². The quantitative estimate of drug-likeness (QED) is 0.616. The van der Waals surface area contributed by atoms with Gasteiger partial charge in [-0.3, -0.25) is 14.4 Å². The summed E-state index contributed by atoms with van der Waals surface area (Å²) in [6.45, 7) is 3.47. The first-order valence-electron chi connectivity index (χ1n) is 5.84. The molecule has 0 saturated carbocycles. The fraction of sp³-hybridized carbons (Fsp3) is 0.308. The number of nitrogens with one attached hydrogen (secondary N) is 2. The number of esters is 1. The Morgan fingerprint density at radius 1 is 1.11 bits per heavy atom. The van der Waals surface area contributed by atoms with Crippen LogP contribution >= 0.6 is 0 Å². The van der Waals surface area contributed by atoms with Crippen molar-refractivity contribution in [3.63, 3.8) is 0 Å². The molecule has 0 unspecified atom stereocenters. The van der Waals surface area contributed by atoms with Crippen LogP contribution in [-0.2, 0) is 19.1 Å². The molecule has 0 atom stereocenters. The molecule has 102 valence electrons. The normalized spacial score (nSPS) is 9.58. The monoisotopic (exact) mass is 264 g/mol. The van der Waals surface area contributed by atoms with Crippen molar-refractivity contribution in [2.45, 2.75) is 13.8 Å². The van der Waals surface area contributed by atoms with E-state index in [1.165, 1.54) is 0 Å². The Hall–Kier alpha value is -2.37. The molecule has 0 heterocycles. The minimum absolute atomic E-state index is 0.226. The molecule has 0 aliphatic carbocycles. The molecule has 2 amide bonds. The lowest BCUT2D eigenvalue weighted by molar-refractivity contribution is -0.144. The van der Waals surface area contributed by atoms with Crippen molar-refractivity contribution in [2.24, 2.45) is 0 Å². The number of rotatable bonds is 4. The number of carbonyl (C=O) groups excluding carboxylic acids is 3. The van der Waals surface area contributed by atoms with Gasteiger partial charge in [-0.15, -0.1) is 0 Å². The molecule has 19 heavy (non-hydrogen) atoms. The molecule has 0 bridgehead atoms. The largest absolute Gasteiger partial charge is 0.465 e. The predicted molar refractivity (Wildman–Crippen MR) is 69.5 cm³/mol. The van der Waals surface area contributed by atoms with E-state index >= 15 is 0 Å². The molecular weight excluding hydrogens is 248 g/mol. The number of hydrogen-bond donors (Lipinski definition) is 2. The molecule has 0 aliphatic rings. The van der Waals surface area contributed by atoms with Crippen molar-refractivity contribution in [3.8, 4) is 0 Å². The number of amides is 2. The number of hydrogen-bond acceptors (Lipinski definition) is 4. The number of anilines is 1. The molecule has 1 rings (SSSR count).